The number of rotatable bonds is 0. The molecule has 6 heavy (non-hydrogen) atoms. The van der Waals surface area contributed by atoms with Gasteiger partial charge in [-0.15, -0.1) is 17.6 Å². The molecule has 0 amide bonds. The fourth-order valence-corrected chi connectivity index (χ4v) is 0. The molecule has 36 valence electrons. The maximum atomic E-state index is 9.69. The van der Waals surface area contributed by atoms with Crippen molar-refractivity contribution in [1.29, 1.82) is 0 Å². The summed E-state index contributed by atoms with van der Waals surface area (Å²) in [5.74, 6) is 0. The Labute approximate surface area is 55.3 Å². The van der Waals surface area contributed by atoms with Gasteiger partial charge in [-0.05, 0) is 0 Å². The molecular weight excluding hydrogens is 326 g/mol. The van der Waals surface area contributed by atoms with Crippen LogP contribution in [0.15, 0.2) is 0 Å². The van der Waals surface area contributed by atoms with Crippen LogP contribution in [0.2, 0.25) is 0 Å². The van der Waals surface area contributed by atoms with Crippen molar-refractivity contribution in [3.05, 3.63) is 0 Å². The molecule has 0 aromatic heterocycles. The largest absolute Gasteiger partial charge is 0.559 e. The van der Waals surface area contributed by atoms with Gasteiger partial charge < -0.3 is 0 Å². The number of hydrogen-bond donors (Lipinski definition) is 0. The van der Waals surface area contributed by atoms with Gasteiger partial charge in [-0.25, -0.2) is 0 Å². The van der Waals surface area contributed by atoms with E-state index in [2.05, 4.69) is 0 Å². The van der Waals surface area contributed by atoms with Gasteiger partial charge in [0.15, 0.2) is 0 Å². The molecule has 0 fully saturated rings. The average Bonchev–Trinajstić information content (AvgIpc) is 0.722. The zero-order valence-electron chi connectivity index (χ0n) is 2.51. The molecule has 0 saturated carbocycles. The molecular formula is CF4U. The van der Waals surface area contributed by atoms with Crippen LogP contribution < -0.4 is 0 Å². The van der Waals surface area contributed by atoms with Crippen molar-refractivity contribution in [2.75, 3.05) is 0 Å². The van der Waals surface area contributed by atoms with Crippen LogP contribution in [0.25, 0.3) is 0 Å². The Balaban J connectivity index is 0. The Morgan fingerprint density at radius 2 is 0.833 bits per heavy atom. The summed E-state index contributed by atoms with van der Waals surface area (Å²) in [6, 6.07) is 0. The molecule has 0 aromatic rings. The van der Waals surface area contributed by atoms with Crippen molar-refractivity contribution in [2.45, 2.75) is 6.43 Å². The molecule has 0 atom stereocenters. The van der Waals surface area contributed by atoms with E-state index >= 15 is 0 Å². The molecule has 0 heterocycles. The topological polar surface area (TPSA) is 0 Å². The maximum Gasteiger partial charge on any atom is 0.559 e. The molecule has 0 radical (unpaired) electrons. The van der Waals surface area contributed by atoms with Gasteiger partial charge in [0.25, 0.3) is 0 Å². The van der Waals surface area contributed by atoms with Gasteiger partial charge in [0.1, 0.15) is 0 Å². The van der Waals surface area contributed by atoms with Gasteiger partial charge >= 0.3 is 6.43 Å². The Bertz CT molecular complexity index is 23.0. The molecule has 0 aliphatic heterocycles. The number of alkyl halides is 4. The van der Waals surface area contributed by atoms with Crippen molar-refractivity contribution in [3.63, 3.8) is 0 Å². The summed E-state index contributed by atoms with van der Waals surface area (Å²) in [4.78, 5) is 0. The van der Waals surface area contributed by atoms with Crippen molar-refractivity contribution >= 4 is 0 Å². The molecule has 0 rings (SSSR count). The summed E-state index contributed by atoms with van der Waals surface area (Å²) in [7, 11) is 0. The zero-order valence-corrected chi connectivity index (χ0v) is 6.68. The van der Waals surface area contributed by atoms with Crippen molar-refractivity contribution in [3.8, 4) is 0 Å². The fraction of sp³-hybridized carbons (Fsp3) is 1.00. The van der Waals surface area contributed by atoms with Crippen LogP contribution in [0.5, 0.6) is 0 Å². The molecule has 0 nitrogen and oxygen atoms in total. The molecule has 0 spiro atoms. The smallest absolute Gasteiger partial charge is 0.140 e. The molecule has 0 N–H and O–H groups in total. The first-order valence-corrected chi connectivity index (χ1v) is 0.756. The van der Waals surface area contributed by atoms with Gasteiger partial charge in [0.05, 0.1) is 0 Å². The second-order valence-corrected chi connectivity index (χ2v) is 0.429. The van der Waals surface area contributed by atoms with E-state index in [4.69, 9.17) is 0 Å². The third kappa shape index (κ3) is 114. The van der Waals surface area contributed by atoms with E-state index < -0.39 is 6.43 Å². The normalized spacial score (nSPS) is 10.0. The number of halogens is 4. The standard InChI is InChI=1S/CF4.U/c2-1(3,4)5;. The van der Waals surface area contributed by atoms with Crippen LogP contribution in [-0.4, -0.2) is 6.43 Å². The van der Waals surface area contributed by atoms with Crippen LogP contribution >= 0.6 is 0 Å². The minimum absolute atomic E-state index is 0. The molecule has 5 heteroatoms. The first kappa shape index (κ1) is 9.91. The minimum Gasteiger partial charge on any atom is -0.140 e. The first-order valence-electron chi connectivity index (χ1n) is 0.756. The van der Waals surface area contributed by atoms with Crippen LogP contribution in [-0.2, 0) is 0 Å². The van der Waals surface area contributed by atoms with Gasteiger partial charge in [-0.1, -0.05) is 0 Å². The SMILES string of the molecule is FC(F)(F)F.[U]. The Morgan fingerprint density at radius 3 is 0.833 bits per heavy atom. The summed E-state index contributed by atoms with van der Waals surface area (Å²) in [5.41, 5.74) is 0. The number of hydrogen-bond acceptors (Lipinski definition) is 0. The Kier molecular flexibility index (Phi) is 4.73. The summed E-state index contributed by atoms with van der Waals surface area (Å²) < 4.78 is 38.8. The van der Waals surface area contributed by atoms with Gasteiger partial charge in [0, 0.05) is 31.1 Å². The molecule has 0 aromatic carbocycles. The monoisotopic (exact) mass is 326 g/mol. The van der Waals surface area contributed by atoms with E-state index in [1.54, 1.807) is 0 Å². The Morgan fingerprint density at radius 1 is 0.833 bits per heavy atom. The molecule has 0 aliphatic rings. The molecule has 0 saturated heterocycles. The third-order valence-corrected chi connectivity index (χ3v) is 0. The van der Waals surface area contributed by atoms with Crippen LogP contribution in [0.4, 0.5) is 17.6 Å². The predicted molar refractivity (Wildman–Crippen MR) is 7.16 cm³/mol. The van der Waals surface area contributed by atoms with Crippen molar-refractivity contribution < 1.29 is 48.7 Å². The molecule has 0 aliphatic carbocycles. The third-order valence-electron chi connectivity index (χ3n) is 0. The van der Waals surface area contributed by atoms with Crippen LogP contribution in [0.3, 0.4) is 0 Å². The molecule has 0 unspecified atom stereocenters. The quantitative estimate of drug-likeness (QED) is 0.592. The average molecular weight is 326 g/mol. The summed E-state index contributed by atoms with van der Waals surface area (Å²) in [5, 5.41) is 0. The van der Waals surface area contributed by atoms with E-state index in [0.29, 0.717) is 0 Å². The maximum absolute atomic E-state index is 9.69. The van der Waals surface area contributed by atoms with Crippen LogP contribution in [0, 0.1) is 31.1 Å². The van der Waals surface area contributed by atoms with E-state index in [1.807, 2.05) is 0 Å². The van der Waals surface area contributed by atoms with Gasteiger partial charge in [-0.2, -0.15) is 0 Å². The fourth-order valence-electron chi connectivity index (χ4n) is 0. The zero-order chi connectivity index (χ0) is 4.50. The molecule has 0 bridgehead atoms. The van der Waals surface area contributed by atoms with Gasteiger partial charge in [0.2, 0.25) is 0 Å². The van der Waals surface area contributed by atoms with E-state index in [-0.39, 0.29) is 31.1 Å². The first-order chi connectivity index (χ1) is 2.00. The van der Waals surface area contributed by atoms with E-state index in [0.717, 1.165) is 0 Å². The van der Waals surface area contributed by atoms with Crippen LogP contribution in [0.1, 0.15) is 0 Å². The summed E-state index contributed by atoms with van der Waals surface area (Å²) in [6.07, 6.45) is -5.50. The minimum atomic E-state index is -5.50. The summed E-state index contributed by atoms with van der Waals surface area (Å²) in [6.45, 7) is 0. The summed E-state index contributed by atoms with van der Waals surface area (Å²) >= 11 is 0. The van der Waals surface area contributed by atoms with Crippen molar-refractivity contribution in [1.82, 2.24) is 0 Å². The van der Waals surface area contributed by atoms with Crippen molar-refractivity contribution in [2.24, 2.45) is 0 Å². The van der Waals surface area contributed by atoms with Gasteiger partial charge in [-0.3, -0.25) is 0 Å². The van der Waals surface area contributed by atoms with E-state index in [9.17, 15) is 17.6 Å². The Hall–Kier alpha value is 0.772. The predicted octanol–water partition coefficient (Wildman–Crippen LogP) is 1.48. The van der Waals surface area contributed by atoms with E-state index in [1.165, 1.54) is 0 Å². The second-order valence-electron chi connectivity index (χ2n) is 0.429. The second kappa shape index (κ2) is 2.87.